The molecule has 1 aromatic carbocycles. The highest BCUT2D eigenvalue weighted by Gasteiger charge is 2.40. The number of amides is 15. The van der Waals surface area contributed by atoms with Crippen LogP contribution in [0, 0.1) is 0 Å². The van der Waals surface area contributed by atoms with Gasteiger partial charge in [-0.15, -0.1) is 11.8 Å². The molecule has 0 aliphatic carbocycles. The Morgan fingerprint density at radius 2 is 0.934 bits per heavy atom. The van der Waals surface area contributed by atoms with Crippen LogP contribution in [0.25, 0.3) is 0 Å². The van der Waals surface area contributed by atoms with Gasteiger partial charge in [0, 0.05) is 123 Å². The molecule has 0 bridgehead atoms. The number of nitrogens with one attached hydrogen (secondary N) is 10. The molecule has 1 heterocycles. The van der Waals surface area contributed by atoms with Crippen LogP contribution in [0.4, 0.5) is 9.59 Å². The molecule has 1 saturated heterocycles. The number of imide groups is 1. The van der Waals surface area contributed by atoms with Crippen molar-refractivity contribution >= 4 is 119 Å². The molecule has 0 saturated carbocycles. The normalized spacial score (nSPS) is 13.7. The second-order valence-electron chi connectivity index (χ2n) is 24.8. The van der Waals surface area contributed by atoms with E-state index in [2.05, 4.69) is 53.2 Å². The lowest BCUT2D eigenvalue weighted by atomic mass is 10.1. The predicted molar refractivity (Wildman–Crippen MR) is 369 cm³/mol. The summed E-state index contributed by atoms with van der Waals surface area (Å²) in [6.07, 6.45) is 1.16. The van der Waals surface area contributed by atoms with Gasteiger partial charge in [0.25, 0.3) is 0 Å². The first-order valence-corrected chi connectivity index (χ1v) is 35.6. The summed E-state index contributed by atoms with van der Waals surface area (Å²) in [6.45, 7) is 3.80. The zero-order valence-electron chi connectivity index (χ0n) is 59.2. The van der Waals surface area contributed by atoms with Crippen LogP contribution in [0.15, 0.2) is 24.3 Å². The van der Waals surface area contributed by atoms with Crippen molar-refractivity contribution in [3.63, 3.8) is 0 Å². The number of carboxylic acid groups (broad SMARTS) is 5. The molecule has 2 rings (SSSR count). The van der Waals surface area contributed by atoms with Crippen LogP contribution in [0.3, 0.4) is 0 Å². The van der Waals surface area contributed by atoms with E-state index in [0.717, 1.165) is 4.90 Å². The quantitative estimate of drug-likeness (QED) is 0.0162. The van der Waals surface area contributed by atoms with Crippen LogP contribution in [-0.2, 0) is 89.7 Å². The van der Waals surface area contributed by atoms with Crippen molar-refractivity contribution in [1.29, 1.82) is 0 Å². The molecule has 0 spiro atoms. The highest BCUT2D eigenvalue weighted by molar-refractivity contribution is 8.00. The number of rotatable bonds is 55. The SMILES string of the molecule is CC(=O)N(O)CCCCCNC(=O)CCC(=O)N(O)CCCCCNC(=O)CCC(=O)N(O)CCCCCNC(=O)CCN1C(=O)CC(SC[C@H](NC(=O)[C@H](CC(=O)O)NC(=O)[C@H](CC(=O)O)NC(=O)Cc2ccc(CNC(=O)NCCCC[C@@H](C)NC(=O)N[C@@H](CCC(=O)O)C(=O)O)cc2)C(=O)O)C1=O. The first-order chi connectivity index (χ1) is 50.1. The molecule has 1 aliphatic heterocycles. The summed E-state index contributed by atoms with van der Waals surface area (Å²) in [5, 5.41) is 102. The molecule has 0 radical (unpaired) electrons. The van der Waals surface area contributed by atoms with Gasteiger partial charge in [0.05, 0.1) is 24.5 Å². The minimum atomic E-state index is -2.03. The number of carboxylic acids is 5. The molecule has 1 aromatic rings. The molecule has 18 N–H and O–H groups in total. The summed E-state index contributed by atoms with van der Waals surface area (Å²) in [5.74, 6) is -16.2. The van der Waals surface area contributed by atoms with E-state index in [1.54, 1.807) is 19.1 Å². The Balaban J connectivity index is 1.70. The van der Waals surface area contributed by atoms with Crippen LogP contribution < -0.4 is 53.2 Å². The zero-order valence-corrected chi connectivity index (χ0v) is 60.0. The second kappa shape index (κ2) is 51.0. The van der Waals surface area contributed by atoms with Crippen molar-refractivity contribution in [2.75, 3.05) is 58.1 Å². The van der Waals surface area contributed by atoms with Gasteiger partial charge in [0.2, 0.25) is 65.0 Å². The van der Waals surface area contributed by atoms with E-state index in [9.17, 15) is 122 Å². The fourth-order valence-electron chi connectivity index (χ4n) is 9.92. The lowest BCUT2D eigenvalue weighted by Gasteiger charge is -2.23. The Hall–Kier alpha value is -10.3. The third kappa shape index (κ3) is 40.7. The van der Waals surface area contributed by atoms with Crippen molar-refractivity contribution in [2.24, 2.45) is 0 Å². The van der Waals surface area contributed by atoms with Gasteiger partial charge >= 0.3 is 41.9 Å². The van der Waals surface area contributed by atoms with E-state index in [4.69, 9.17) is 5.11 Å². The summed E-state index contributed by atoms with van der Waals surface area (Å²) in [6, 6.07) is -2.63. The first kappa shape index (κ1) is 91.8. The van der Waals surface area contributed by atoms with Crippen molar-refractivity contribution in [3.05, 3.63) is 35.4 Å². The van der Waals surface area contributed by atoms with Gasteiger partial charge in [-0.25, -0.2) is 34.4 Å². The highest BCUT2D eigenvalue weighted by Crippen LogP contribution is 2.26. The van der Waals surface area contributed by atoms with Crippen molar-refractivity contribution in [2.45, 2.75) is 204 Å². The third-order valence-electron chi connectivity index (χ3n) is 15.9. The maximum absolute atomic E-state index is 13.4. The van der Waals surface area contributed by atoms with E-state index in [-0.39, 0.29) is 103 Å². The van der Waals surface area contributed by atoms with Gasteiger partial charge in [-0.1, -0.05) is 24.3 Å². The number of benzene rings is 1. The summed E-state index contributed by atoms with van der Waals surface area (Å²) < 4.78 is 0. The number of carbonyl (C=O) groups excluding carboxylic acids is 13. The number of hydrogen-bond donors (Lipinski definition) is 18. The summed E-state index contributed by atoms with van der Waals surface area (Å²) in [5.41, 5.74) is 0.968. The second-order valence-corrected chi connectivity index (χ2v) is 26.0. The number of hydroxylamine groups is 6. The molecule has 40 nitrogen and oxygen atoms in total. The molecule has 1 aliphatic rings. The maximum atomic E-state index is 13.4. The number of likely N-dealkylation sites (tertiary alicyclic amines) is 1. The van der Waals surface area contributed by atoms with Gasteiger partial charge < -0.3 is 78.7 Å². The molecular weight excluding hydrogens is 1420 g/mol. The highest BCUT2D eigenvalue weighted by atomic mass is 32.2. The van der Waals surface area contributed by atoms with Gasteiger partial charge in [0.15, 0.2) is 0 Å². The Bertz CT molecular complexity index is 3170. The molecule has 6 atom stereocenters. The largest absolute Gasteiger partial charge is 0.481 e. The number of urea groups is 2. The molecule has 1 fully saturated rings. The third-order valence-corrected chi connectivity index (χ3v) is 17.2. The van der Waals surface area contributed by atoms with Crippen molar-refractivity contribution in [1.82, 2.24) is 73.3 Å². The van der Waals surface area contributed by atoms with Crippen molar-refractivity contribution < 1.29 is 127 Å². The molecule has 15 amide bonds. The molecule has 0 aromatic heterocycles. The fraction of sp³-hybridized carbons (Fsp3) is 0.631. The average molecular weight is 1530 g/mol. The molecule has 106 heavy (non-hydrogen) atoms. The Morgan fingerprint density at radius 1 is 0.472 bits per heavy atom. The van der Waals surface area contributed by atoms with E-state index < -0.39 is 168 Å². The maximum Gasteiger partial charge on any atom is 0.327 e. The molecule has 592 valence electrons. The Labute approximate surface area is 614 Å². The number of carbonyl (C=O) groups is 18. The van der Waals surface area contributed by atoms with Crippen LogP contribution >= 0.6 is 11.8 Å². The van der Waals surface area contributed by atoms with Gasteiger partial charge in [-0.2, -0.15) is 0 Å². The average Bonchev–Trinajstić information content (AvgIpc) is 1.60. The number of nitrogens with zero attached hydrogens (tertiary/aromatic N) is 4. The fourth-order valence-corrected chi connectivity index (χ4v) is 11.1. The minimum absolute atomic E-state index is 0.0137. The summed E-state index contributed by atoms with van der Waals surface area (Å²) in [7, 11) is 0. The predicted octanol–water partition coefficient (Wildman–Crippen LogP) is -0.963. The van der Waals surface area contributed by atoms with E-state index >= 15 is 0 Å². The molecule has 41 heteroatoms. The number of hydrogen-bond acceptors (Lipinski definition) is 22. The topological polar surface area (TPSA) is 602 Å². The van der Waals surface area contributed by atoms with Crippen LogP contribution in [0.2, 0.25) is 0 Å². The van der Waals surface area contributed by atoms with Crippen molar-refractivity contribution in [3.8, 4) is 0 Å². The summed E-state index contributed by atoms with van der Waals surface area (Å²) in [4.78, 5) is 222. The van der Waals surface area contributed by atoms with Gasteiger partial charge in [-0.3, -0.25) is 87.6 Å². The standard InChI is InChI=1S/C65H100N14O26S/c1-40(71-65(102)75-44(62(97)98)19-24-56(88)89)14-6-10-29-69-64(101)70-38-43-17-15-42(16-18-43)34-52(84)72-45(35-57(90)91)59(94)73-46(36-58(92)93)60(95)74-47(63(99)100)39-106-48-37-55(87)76(61(48)96)33-25-51(83)68-28-9-5-13-32-79(105)54(86)23-21-50(82)67-27-8-4-12-31-78(104)53(85)22-20-49(81)66-26-7-3-11-30-77(103)41(2)80/h15-18,40,44-48,103-105H,3-14,19-39H2,1-2H3,(H,66,81)(H,67,82)(H,68,83)(H,72,84)(H,73,94)(H,74,95)(H,88,89)(H,90,91)(H,92,93)(H,97,98)(H,99,100)(H2,69,70,101)(H2,71,75,102)/t40-,44+,45+,46+,47+,48?/m1/s1. The Kier molecular flexibility index (Phi) is 44.2. The monoisotopic (exact) mass is 1520 g/mol. The molecular formula is C65H100N14O26S. The van der Waals surface area contributed by atoms with Crippen LogP contribution in [0.1, 0.15) is 166 Å². The lowest BCUT2D eigenvalue weighted by Crippen LogP contribution is -2.57. The van der Waals surface area contributed by atoms with E-state index in [0.29, 0.717) is 122 Å². The summed E-state index contributed by atoms with van der Waals surface area (Å²) >= 11 is 0.661. The number of unbranched alkanes of at least 4 members (excludes halogenated alkanes) is 7. The minimum Gasteiger partial charge on any atom is -0.481 e. The smallest absolute Gasteiger partial charge is 0.327 e. The number of thioether (sulfide) groups is 1. The first-order valence-electron chi connectivity index (χ1n) is 34.5. The van der Waals surface area contributed by atoms with E-state index in [1.807, 2.05) is 0 Å². The van der Waals surface area contributed by atoms with Gasteiger partial charge in [-0.05, 0) is 102 Å². The Morgan fingerprint density at radius 3 is 1.42 bits per heavy atom. The molecule has 1 unspecified atom stereocenters. The van der Waals surface area contributed by atoms with Crippen LogP contribution in [0.5, 0.6) is 0 Å². The number of aliphatic carboxylic acids is 5. The lowest BCUT2D eigenvalue weighted by molar-refractivity contribution is -0.166. The van der Waals surface area contributed by atoms with Gasteiger partial charge in [0.1, 0.15) is 24.2 Å². The van der Waals surface area contributed by atoms with E-state index in [1.165, 1.54) is 19.1 Å². The zero-order chi connectivity index (χ0) is 79.3. The van der Waals surface area contributed by atoms with Crippen LogP contribution in [-0.4, -0.2) is 262 Å².